The SMILES string of the molecule is CCc1nc(-n2nc(C)cc2NC(=O)c2cccs2)[nH]c(=O)c1C. The van der Waals surface area contributed by atoms with E-state index < -0.39 is 0 Å². The Morgan fingerprint density at radius 2 is 2.21 bits per heavy atom. The number of aryl methyl sites for hydroxylation is 2. The molecule has 3 aromatic rings. The molecule has 7 nitrogen and oxygen atoms in total. The van der Waals surface area contributed by atoms with Gasteiger partial charge >= 0.3 is 0 Å². The van der Waals surface area contributed by atoms with Crippen LogP contribution in [0.25, 0.3) is 5.95 Å². The molecule has 0 saturated heterocycles. The minimum Gasteiger partial charge on any atom is -0.306 e. The molecular formula is C16H17N5O2S. The topological polar surface area (TPSA) is 92.7 Å². The van der Waals surface area contributed by atoms with Gasteiger partial charge in [0.05, 0.1) is 16.3 Å². The second kappa shape index (κ2) is 6.40. The van der Waals surface area contributed by atoms with Crippen molar-refractivity contribution in [1.29, 1.82) is 0 Å². The van der Waals surface area contributed by atoms with Crippen LogP contribution in [-0.4, -0.2) is 25.7 Å². The van der Waals surface area contributed by atoms with Crippen LogP contribution in [0.2, 0.25) is 0 Å². The van der Waals surface area contributed by atoms with E-state index >= 15 is 0 Å². The molecule has 3 rings (SSSR count). The highest BCUT2D eigenvalue weighted by Crippen LogP contribution is 2.17. The molecule has 1 amide bonds. The monoisotopic (exact) mass is 343 g/mol. The fourth-order valence-corrected chi connectivity index (χ4v) is 2.97. The molecule has 0 radical (unpaired) electrons. The lowest BCUT2D eigenvalue weighted by Gasteiger charge is -2.09. The lowest BCUT2D eigenvalue weighted by molar-refractivity contribution is 0.103. The van der Waals surface area contributed by atoms with Crippen LogP contribution in [0.15, 0.2) is 28.4 Å². The van der Waals surface area contributed by atoms with Crippen LogP contribution < -0.4 is 10.9 Å². The fourth-order valence-electron chi connectivity index (χ4n) is 2.35. The van der Waals surface area contributed by atoms with Gasteiger partial charge in [-0.05, 0) is 31.7 Å². The summed E-state index contributed by atoms with van der Waals surface area (Å²) in [5.74, 6) is 0.522. The van der Waals surface area contributed by atoms with E-state index in [0.29, 0.717) is 34.1 Å². The van der Waals surface area contributed by atoms with Crippen LogP contribution in [0.3, 0.4) is 0 Å². The number of aromatic amines is 1. The molecule has 124 valence electrons. The van der Waals surface area contributed by atoms with Crippen molar-refractivity contribution in [2.75, 3.05) is 5.32 Å². The van der Waals surface area contributed by atoms with Gasteiger partial charge in [-0.15, -0.1) is 11.3 Å². The van der Waals surface area contributed by atoms with Gasteiger partial charge in [-0.1, -0.05) is 13.0 Å². The largest absolute Gasteiger partial charge is 0.306 e. The Labute approximate surface area is 142 Å². The highest BCUT2D eigenvalue weighted by atomic mass is 32.1. The van der Waals surface area contributed by atoms with Crippen LogP contribution >= 0.6 is 11.3 Å². The average molecular weight is 343 g/mol. The Bertz CT molecular complexity index is 940. The molecule has 0 aliphatic carbocycles. The van der Waals surface area contributed by atoms with Crippen molar-refractivity contribution >= 4 is 23.1 Å². The fraction of sp³-hybridized carbons (Fsp3) is 0.250. The number of nitrogens with zero attached hydrogens (tertiary/aromatic N) is 3. The summed E-state index contributed by atoms with van der Waals surface area (Å²) in [4.78, 5) is 32.1. The molecule has 0 aromatic carbocycles. The van der Waals surface area contributed by atoms with Crippen molar-refractivity contribution in [1.82, 2.24) is 19.7 Å². The van der Waals surface area contributed by atoms with Crippen molar-refractivity contribution in [3.63, 3.8) is 0 Å². The Hall–Kier alpha value is -2.74. The molecule has 0 atom stereocenters. The number of amides is 1. The van der Waals surface area contributed by atoms with Gasteiger partial charge in [0.25, 0.3) is 11.5 Å². The number of H-pyrrole nitrogens is 1. The van der Waals surface area contributed by atoms with Gasteiger partial charge in [0.15, 0.2) is 0 Å². The molecule has 24 heavy (non-hydrogen) atoms. The molecule has 0 unspecified atom stereocenters. The highest BCUT2D eigenvalue weighted by Gasteiger charge is 2.16. The lowest BCUT2D eigenvalue weighted by Crippen LogP contribution is -2.21. The maximum atomic E-state index is 12.3. The molecule has 3 aromatic heterocycles. The predicted octanol–water partition coefficient (Wildman–Crippen LogP) is 2.45. The quantitative estimate of drug-likeness (QED) is 0.761. The minimum absolute atomic E-state index is 0.208. The van der Waals surface area contributed by atoms with Crippen LogP contribution in [0, 0.1) is 13.8 Å². The predicted molar refractivity (Wildman–Crippen MR) is 93.1 cm³/mol. The van der Waals surface area contributed by atoms with Gasteiger partial charge in [0.1, 0.15) is 5.82 Å². The number of aromatic nitrogens is 4. The number of hydrogen-bond donors (Lipinski definition) is 2. The van der Waals surface area contributed by atoms with Gasteiger partial charge in [-0.3, -0.25) is 14.6 Å². The van der Waals surface area contributed by atoms with Gasteiger partial charge in [-0.2, -0.15) is 9.78 Å². The number of rotatable bonds is 4. The van der Waals surface area contributed by atoms with E-state index in [1.165, 1.54) is 16.0 Å². The van der Waals surface area contributed by atoms with E-state index in [0.717, 1.165) is 0 Å². The first-order valence-electron chi connectivity index (χ1n) is 7.51. The third-order valence-corrected chi connectivity index (χ3v) is 4.46. The minimum atomic E-state index is -0.226. The summed E-state index contributed by atoms with van der Waals surface area (Å²) in [6.07, 6.45) is 0.639. The molecule has 2 N–H and O–H groups in total. The molecule has 0 aliphatic heterocycles. The second-order valence-corrected chi connectivity index (χ2v) is 6.28. The van der Waals surface area contributed by atoms with Crippen LogP contribution in [0.5, 0.6) is 0 Å². The third-order valence-electron chi connectivity index (χ3n) is 3.59. The molecule has 0 spiro atoms. The number of thiophene rings is 1. The van der Waals surface area contributed by atoms with Crippen molar-refractivity contribution in [2.24, 2.45) is 0 Å². The van der Waals surface area contributed by atoms with Crippen molar-refractivity contribution < 1.29 is 4.79 Å². The molecule has 8 heteroatoms. The molecule has 0 bridgehead atoms. The maximum Gasteiger partial charge on any atom is 0.266 e. The van der Waals surface area contributed by atoms with Gasteiger partial charge in [0, 0.05) is 11.6 Å². The van der Waals surface area contributed by atoms with E-state index in [1.807, 2.05) is 25.3 Å². The Balaban J connectivity index is 2.02. The second-order valence-electron chi connectivity index (χ2n) is 5.33. The van der Waals surface area contributed by atoms with E-state index in [1.54, 1.807) is 19.1 Å². The van der Waals surface area contributed by atoms with E-state index in [-0.39, 0.29) is 17.4 Å². The summed E-state index contributed by atoms with van der Waals surface area (Å²) in [6, 6.07) is 5.29. The van der Waals surface area contributed by atoms with E-state index in [2.05, 4.69) is 20.4 Å². The first kappa shape index (κ1) is 16.1. The summed E-state index contributed by atoms with van der Waals surface area (Å²) >= 11 is 1.35. The first-order valence-corrected chi connectivity index (χ1v) is 8.39. The molecule has 3 heterocycles. The zero-order chi connectivity index (χ0) is 17.3. The average Bonchev–Trinajstić information content (AvgIpc) is 3.19. The van der Waals surface area contributed by atoms with Crippen LogP contribution in [0.4, 0.5) is 5.82 Å². The number of nitrogens with one attached hydrogen (secondary N) is 2. The number of hydrogen-bond acceptors (Lipinski definition) is 5. The Morgan fingerprint density at radius 3 is 2.88 bits per heavy atom. The molecular weight excluding hydrogens is 326 g/mol. The Kier molecular flexibility index (Phi) is 4.30. The Morgan fingerprint density at radius 1 is 1.42 bits per heavy atom. The smallest absolute Gasteiger partial charge is 0.266 e. The maximum absolute atomic E-state index is 12.3. The number of carbonyl (C=O) groups is 1. The van der Waals surface area contributed by atoms with Gasteiger partial charge in [0.2, 0.25) is 5.95 Å². The summed E-state index contributed by atoms with van der Waals surface area (Å²) < 4.78 is 1.45. The number of carbonyl (C=O) groups excluding carboxylic acids is 1. The zero-order valence-electron chi connectivity index (χ0n) is 13.6. The van der Waals surface area contributed by atoms with Crippen LogP contribution in [0.1, 0.15) is 33.5 Å². The van der Waals surface area contributed by atoms with Crippen molar-refractivity contribution in [3.05, 3.63) is 55.8 Å². The summed E-state index contributed by atoms with van der Waals surface area (Å²) in [6.45, 7) is 5.49. The first-order chi connectivity index (χ1) is 11.5. The molecule has 0 aliphatic rings. The standard InChI is InChI=1S/C16H17N5O2S/c1-4-11-10(3)14(22)19-16(17-11)21-13(8-9(2)20-21)18-15(23)12-6-5-7-24-12/h5-8H,4H2,1-3H3,(H,18,23)(H,17,19,22). The van der Waals surface area contributed by atoms with Crippen molar-refractivity contribution in [2.45, 2.75) is 27.2 Å². The molecule has 0 fully saturated rings. The normalized spacial score (nSPS) is 10.8. The summed E-state index contributed by atoms with van der Waals surface area (Å²) in [5, 5.41) is 8.99. The third kappa shape index (κ3) is 3.00. The highest BCUT2D eigenvalue weighted by molar-refractivity contribution is 7.12. The molecule has 0 saturated carbocycles. The van der Waals surface area contributed by atoms with Crippen LogP contribution in [-0.2, 0) is 6.42 Å². The van der Waals surface area contributed by atoms with Gasteiger partial charge in [-0.25, -0.2) is 4.98 Å². The summed E-state index contributed by atoms with van der Waals surface area (Å²) in [5.41, 5.74) is 1.80. The summed E-state index contributed by atoms with van der Waals surface area (Å²) in [7, 11) is 0. The lowest BCUT2D eigenvalue weighted by atomic mass is 10.2. The van der Waals surface area contributed by atoms with E-state index in [4.69, 9.17) is 0 Å². The zero-order valence-corrected chi connectivity index (χ0v) is 14.4. The van der Waals surface area contributed by atoms with Crippen molar-refractivity contribution in [3.8, 4) is 5.95 Å². The van der Waals surface area contributed by atoms with Gasteiger partial charge < -0.3 is 5.32 Å². The van der Waals surface area contributed by atoms with E-state index in [9.17, 15) is 9.59 Å². The number of anilines is 1.